The van der Waals surface area contributed by atoms with E-state index in [0.717, 1.165) is 21.8 Å². The highest BCUT2D eigenvalue weighted by molar-refractivity contribution is 9.10. The summed E-state index contributed by atoms with van der Waals surface area (Å²) in [6.07, 6.45) is 1.72. The molecule has 0 radical (unpaired) electrons. The van der Waals surface area contributed by atoms with Crippen LogP contribution in [-0.2, 0) is 4.79 Å². The molecule has 1 amide bonds. The summed E-state index contributed by atoms with van der Waals surface area (Å²) in [4.78, 5) is 40.5. The number of hydrogen-bond acceptors (Lipinski definition) is 5. The van der Waals surface area contributed by atoms with E-state index in [2.05, 4.69) is 26.2 Å². The first kappa shape index (κ1) is 24.8. The second kappa shape index (κ2) is 9.73. The van der Waals surface area contributed by atoms with E-state index in [1.54, 1.807) is 28.8 Å². The van der Waals surface area contributed by atoms with E-state index in [-0.39, 0.29) is 17.0 Å². The molecule has 0 unspecified atom stereocenters. The van der Waals surface area contributed by atoms with Gasteiger partial charge in [0.2, 0.25) is 0 Å². The summed E-state index contributed by atoms with van der Waals surface area (Å²) in [5.41, 5.74) is 2.92. The molecule has 0 aliphatic carbocycles. The van der Waals surface area contributed by atoms with Gasteiger partial charge in [-0.15, -0.1) is 0 Å². The van der Waals surface area contributed by atoms with Gasteiger partial charge >= 0.3 is 11.9 Å². The van der Waals surface area contributed by atoms with Gasteiger partial charge in [0, 0.05) is 21.5 Å². The Kier molecular flexibility index (Phi) is 6.88. The molecule has 3 aromatic rings. The Labute approximate surface area is 217 Å². The lowest BCUT2D eigenvalue weighted by molar-refractivity contribution is -0.115. The summed E-state index contributed by atoms with van der Waals surface area (Å²) in [5, 5.41) is 22.5. The molecular formula is C24H17BrClN3O5S. The molecule has 4 rings (SSSR count). The highest BCUT2D eigenvalue weighted by Gasteiger charge is 2.25. The maximum atomic E-state index is 12.6. The molecule has 0 spiro atoms. The van der Waals surface area contributed by atoms with E-state index in [1.165, 1.54) is 23.9 Å². The summed E-state index contributed by atoms with van der Waals surface area (Å²) >= 11 is 10.6. The maximum absolute atomic E-state index is 12.6. The first-order chi connectivity index (χ1) is 16.5. The number of rotatable bonds is 5. The number of benzene rings is 2. The molecule has 35 heavy (non-hydrogen) atoms. The molecule has 11 heteroatoms. The van der Waals surface area contributed by atoms with Crippen LogP contribution in [-0.4, -0.2) is 37.8 Å². The molecule has 0 atom stereocenters. The smallest absolute Gasteiger partial charge is 0.335 e. The van der Waals surface area contributed by atoms with Crippen LogP contribution in [0.1, 0.15) is 37.7 Å². The van der Waals surface area contributed by atoms with Gasteiger partial charge < -0.3 is 20.1 Å². The van der Waals surface area contributed by atoms with Crippen molar-refractivity contribution in [1.29, 1.82) is 0 Å². The van der Waals surface area contributed by atoms with Gasteiger partial charge in [-0.3, -0.25) is 4.79 Å². The van der Waals surface area contributed by atoms with E-state index < -0.39 is 11.9 Å². The predicted octanol–water partition coefficient (Wildman–Crippen LogP) is 5.80. The van der Waals surface area contributed by atoms with Crippen molar-refractivity contribution in [2.24, 2.45) is 4.99 Å². The minimum atomic E-state index is -1.22. The number of carbonyl (C=O) groups excluding carboxylic acids is 1. The van der Waals surface area contributed by atoms with Gasteiger partial charge in [0.15, 0.2) is 5.17 Å². The molecule has 1 aliphatic heterocycles. The summed E-state index contributed by atoms with van der Waals surface area (Å²) in [5.74, 6) is -2.75. The van der Waals surface area contributed by atoms with Crippen LogP contribution in [0, 0.1) is 13.8 Å². The van der Waals surface area contributed by atoms with E-state index in [9.17, 15) is 24.6 Å². The van der Waals surface area contributed by atoms with E-state index >= 15 is 0 Å². The number of carbonyl (C=O) groups is 3. The highest BCUT2D eigenvalue weighted by Crippen LogP contribution is 2.32. The molecule has 2 aromatic carbocycles. The Morgan fingerprint density at radius 3 is 2.34 bits per heavy atom. The van der Waals surface area contributed by atoms with Crippen molar-refractivity contribution in [3.63, 3.8) is 0 Å². The lowest BCUT2D eigenvalue weighted by atomic mass is 10.1. The SMILES string of the molecule is Cc1cc(/C=C2\SC(=Nc3ccc(Br)c(Cl)c3)NC2=O)c(C)n1-c1cc(C(=O)O)cc(C(=O)O)c1. The molecule has 1 fully saturated rings. The standard InChI is InChI=1S/C24H17BrClN3O5S/c1-11-5-13(12(2)29(11)17-7-14(22(31)32)6-15(8-17)23(33)34)9-20-21(30)28-24(35-20)27-16-3-4-18(25)19(26)10-16/h3-10H,1-2H3,(H,31,32)(H,33,34)(H,27,28,30)/b20-9-. The Bertz CT molecular complexity index is 1450. The number of hydrogen-bond donors (Lipinski definition) is 3. The zero-order chi connectivity index (χ0) is 25.4. The summed E-state index contributed by atoms with van der Waals surface area (Å²) in [6, 6.07) is 11.0. The minimum Gasteiger partial charge on any atom is -0.478 e. The molecular weight excluding hydrogens is 558 g/mol. The second-order valence-corrected chi connectivity index (χ2v) is 9.91. The molecule has 1 aliphatic rings. The second-order valence-electron chi connectivity index (χ2n) is 7.62. The predicted molar refractivity (Wildman–Crippen MR) is 139 cm³/mol. The fraction of sp³-hybridized carbons (Fsp3) is 0.0833. The molecule has 2 heterocycles. The Morgan fingerprint density at radius 2 is 1.74 bits per heavy atom. The Balaban J connectivity index is 1.69. The molecule has 0 saturated carbocycles. The Hall–Kier alpha value is -3.34. The third-order valence-electron chi connectivity index (χ3n) is 5.21. The quantitative estimate of drug-likeness (QED) is 0.331. The minimum absolute atomic E-state index is 0.132. The van der Waals surface area contributed by atoms with Crippen LogP contribution in [0.15, 0.2) is 56.8 Å². The summed E-state index contributed by atoms with van der Waals surface area (Å²) in [6.45, 7) is 3.62. The van der Waals surface area contributed by atoms with Crippen LogP contribution in [0.3, 0.4) is 0 Å². The largest absolute Gasteiger partial charge is 0.478 e. The first-order valence-corrected chi connectivity index (χ1v) is 12.1. The Morgan fingerprint density at radius 1 is 1.09 bits per heavy atom. The van der Waals surface area contributed by atoms with Crippen molar-refractivity contribution in [3.8, 4) is 5.69 Å². The number of carboxylic acid groups (broad SMARTS) is 2. The number of carboxylic acids is 2. The van der Waals surface area contributed by atoms with Crippen molar-refractivity contribution >= 4 is 74.1 Å². The summed E-state index contributed by atoms with van der Waals surface area (Å²) in [7, 11) is 0. The van der Waals surface area contributed by atoms with Crippen molar-refractivity contribution in [2.75, 3.05) is 0 Å². The van der Waals surface area contributed by atoms with E-state index in [4.69, 9.17) is 11.6 Å². The van der Waals surface area contributed by atoms with Crippen molar-refractivity contribution in [3.05, 3.63) is 84.9 Å². The molecule has 0 bridgehead atoms. The number of aromatic nitrogens is 1. The van der Waals surface area contributed by atoms with Gasteiger partial charge in [-0.25, -0.2) is 14.6 Å². The number of halogens is 2. The number of amidine groups is 1. The maximum Gasteiger partial charge on any atom is 0.335 e. The van der Waals surface area contributed by atoms with Crippen LogP contribution < -0.4 is 5.32 Å². The molecule has 3 N–H and O–H groups in total. The monoisotopic (exact) mass is 573 g/mol. The van der Waals surface area contributed by atoms with Crippen LogP contribution >= 0.6 is 39.3 Å². The van der Waals surface area contributed by atoms with Crippen molar-refractivity contribution in [1.82, 2.24) is 9.88 Å². The van der Waals surface area contributed by atoms with Crippen LogP contribution in [0.4, 0.5) is 5.69 Å². The zero-order valence-electron chi connectivity index (χ0n) is 18.3. The average molecular weight is 575 g/mol. The van der Waals surface area contributed by atoms with Gasteiger partial charge in [0.1, 0.15) is 0 Å². The van der Waals surface area contributed by atoms with Gasteiger partial charge in [-0.1, -0.05) is 11.6 Å². The summed E-state index contributed by atoms with van der Waals surface area (Å²) < 4.78 is 2.49. The van der Waals surface area contributed by atoms with Crippen LogP contribution in [0.25, 0.3) is 11.8 Å². The zero-order valence-corrected chi connectivity index (χ0v) is 21.5. The molecule has 1 aromatic heterocycles. The van der Waals surface area contributed by atoms with Gasteiger partial charge in [-0.2, -0.15) is 0 Å². The van der Waals surface area contributed by atoms with Crippen molar-refractivity contribution in [2.45, 2.75) is 13.8 Å². The van der Waals surface area contributed by atoms with Crippen molar-refractivity contribution < 1.29 is 24.6 Å². The number of nitrogens with one attached hydrogen (secondary N) is 1. The number of aliphatic imine (C=N–C) groups is 1. The molecule has 8 nitrogen and oxygen atoms in total. The average Bonchev–Trinajstić information content (AvgIpc) is 3.27. The van der Waals surface area contributed by atoms with Crippen LogP contribution in [0.2, 0.25) is 5.02 Å². The highest BCUT2D eigenvalue weighted by atomic mass is 79.9. The normalized spacial score (nSPS) is 15.6. The third kappa shape index (κ3) is 5.19. The number of aromatic carboxylic acids is 2. The topological polar surface area (TPSA) is 121 Å². The van der Waals surface area contributed by atoms with Gasteiger partial charge in [-0.05, 0) is 95.6 Å². The number of amides is 1. The van der Waals surface area contributed by atoms with E-state index in [0.29, 0.717) is 32.2 Å². The van der Waals surface area contributed by atoms with Gasteiger partial charge in [0.25, 0.3) is 5.91 Å². The first-order valence-electron chi connectivity index (χ1n) is 10.1. The fourth-order valence-corrected chi connectivity index (χ4v) is 4.87. The lowest BCUT2D eigenvalue weighted by Crippen LogP contribution is -2.19. The number of thioether (sulfide) groups is 1. The van der Waals surface area contributed by atoms with Gasteiger partial charge in [0.05, 0.1) is 26.7 Å². The molecule has 178 valence electrons. The lowest BCUT2D eigenvalue weighted by Gasteiger charge is -2.12. The molecule has 1 saturated heterocycles. The van der Waals surface area contributed by atoms with E-state index in [1.807, 2.05) is 19.9 Å². The fourth-order valence-electron chi connectivity index (χ4n) is 3.61. The number of aryl methyl sites for hydroxylation is 1. The number of nitrogens with zero attached hydrogens (tertiary/aromatic N) is 2. The van der Waals surface area contributed by atoms with Crippen LogP contribution in [0.5, 0.6) is 0 Å². The third-order valence-corrected chi connectivity index (χ3v) is 7.35.